The lowest BCUT2D eigenvalue weighted by Crippen LogP contribution is -2.41. The van der Waals surface area contributed by atoms with Gasteiger partial charge < -0.3 is 15.0 Å². The molecule has 0 radical (unpaired) electrons. The molecule has 2 amide bonds. The van der Waals surface area contributed by atoms with E-state index in [-0.39, 0.29) is 12.5 Å². The van der Waals surface area contributed by atoms with Crippen molar-refractivity contribution >= 4 is 35.1 Å². The number of benzene rings is 2. The molecule has 0 heterocycles. The Morgan fingerprint density at radius 3 is 2.30 bits per heavy atom. The molecule has 0 fully saturated rings. The quantitative estimate of drug-likeness (QED) is 0.739. The largest absolute Gasteiger partial charge is 0.451 e. The summed E-state index contributed by atoms with van der Waals surface area (Å²) in [6.45, 7) is 3.45. The van der Waals surface area contributed by atoms with Crippen molar-refractivity contribution in [2.24, 2.45) is 0 Å². The van der Waals surface area contributed by atoms with E-state index in [1.54, 1.807) is 24.3 Å². The first-order chi connectivity index (χ1) is 12.9. The van der Waals surface area contributed by atoms with E-state index >= 15 is 0 Å². The molecule has 0 spiro atoms. The summed E-state index contributed by atoms with van der Waals surface area (Å²) in [7, 11) is 0. The van der Waals surface area contributed by atoms with Gasteiger partial charge in [-0.05, 0) is 50.2 Å². The number of ether oxygens (including phenoxy) is 1. The number of nitrogens with one attached hydrogen (secondary N) is 1. The van der Waals surface area contributed by atoms with Crippen LogP contribution in [0.15, 0.2) is 54.6 Å². The van der Waals surface area contributed by atoms with Crippen LogP contribution < -0.4 is 10.2 Å². The van der Waals surface area contributed by atoms with Crippen LogP contribution in [0.5, 0.6) is 0 Å². The van der Waals surface area contributed by atoms with Gasteiger partial charge in [0.05, 0.1) is 0 Å². The number of carbonyl (C=O) groups is 3. The highest BCUT2D eigenvalue weighted by atomic mass is 35.5. The standard InChI is InChI=1S/C20H21ClN2O4/c1-3-23(17-7-5-4-6-8-17)20(26)14(2)27-18(24)13-22-19(25)15-9-11-16(21)12-10-15/h4-12,14H,3,13H2,1-2H3,(H,22,25)/t14-/m0/s1. The molecule has 142 valence electrons. The number of halogens is 1. The van der Waals surface area contributed by atoms with Crippen molar-refractivity contribution in [1.82, 2.24) is 5.32 Å². The Balaban J connectivity index is 1.87. The van der Waals surface area contributed by atoms with Crippen molar-refractivity contribution in [2.45, 2.75) is 20.0 Å². The van der Waals surface area contributed by atoms with Gasteiger partial charge in [-0.3, -0.25) is 14.4 Å². The van der Waals surface area contributed by atoms with Crippen molar-refractivity contribution < 1.29 is 19.1 Å². The van der Waals surface area contributed by atoms with E-state index in [4.69, 9.17) is 16.3 Å². The Morgan fingerprint density at radius 1 is 1.07 bits per heavy atom. The molecule has 1 atom stereocenters. The lowest BCUT2D eigenvalue weighted by atomic mass is 10.2. The molecule has 0 aliphatic rings. The molecule has 2 aromatic carbocycles. The Hall–Kier alpha value is -2.86. The lowest BCUT2D eigenvalue weighted by Gasteiger charge is -2.24. The molecule has 7 heteroatoms. The van der Waals surface area contributed by atoms with E-state index in [1.165, 1.54) is 11.8 Å². The molecule has 0 saturated carbocycles. The first-order valence-corrected chi connectivity index (χ1v) is 8.89. The molecule has 0 aliphatic carbocycles. The fourth-order valence-corrected chi connectivity index (χ4v) is 2.56. The van der Waals surface area contributed by atoms with Crippen LogP contribution in [0.2, 0.25) is 5.02 Å². The summed E-state index contributed by atoms with van der Waals surface area (Å²) in [5, 5.41) is 2.97. The minimum absolute atomic E-state index is 0.332. The van der Waals surface area contributed by atoms with E-state index in [0.717, 1.165) is 5.69 Å². The number of para-hydroxylation sites is 1. The third-order valence-corrected chi connectivity index (χ3v) is 4.06. The zero-order valence-corrected chi connectivity index (χ0v) is 15.9. The molecule has 1 N–H and O–H groups in total. The van der Waals surface area contributed by atoms with Gasteiger partial charge in [-0.1, -0.05) is 29.8 Å². The van der Waals surface area contributed by atoms with Crippen LogP contribution in [-0.4, -0.2) is 37.0 Å². The SMILES string of the molecule is CCN(C(=O)[C@H](C)OC(=O)CNC(=O)c1ccc(Cl)cc1)c1ccccc1. The van der Waals surface area contributed by atoms with Gasteiger partial charge in [0, 0.05) is 22.8 Å². The summed E-state index contributed by atoms with van der Waals surface area (Å²) < 4.78 is 5.16. The predicted octanol–water partition coefficient (Wildman–Crippen LogP) is 3.05. The van der Waals surface area contributed by atoms with Crippen molar-refractivity contribution in [3.8, 4) is 0 Å². The third-order valence-electron chi connectivity index (χ3n) is 3.81. The molecule has 2 rings (SSSR count). The number of carbonyl (C=O) groups excluding carboxylic acids is 3. The van der Waals surface area contributed by atoms with Crippen LogP contribution in [-0.2, 0) is 14.3 Å². The highest BCUT2D eigenvalue weighted by Crippen LogP contribution is 2.15. The highest BCUT2D eigenvalue weighted by molar-refractivity contribution is 6.30. The maximum Gasteiger partial charge on any atom is 0.326 e. The minimum Gasteiger partial charge on any atom is -0.451 e. The number of hydrogen-bond donors (Lipinski definition) is 1. The monoisotopic (exact) mass is 388 g/mol. The van der Waals surface area contributed by atoms with Gasteiger partial charge in [0.1, 0.15) is 6.54 Å². The van der Waals surface area contributed by atoms with Gasteiger partial charge in [0.25, 0.3) is 11.8 Å². The molecule has 0 bridgehead atoms. The number of amides is 2. The van der Waals surface area contributed by atoms with Crippen LogP contribution >= 0.6 is 11.6 Å². The lowest BCUT2D eigenvalue weighted by molar-refractivity contribution is -0.152. The first-order valence-electron chi connectivity index (χ1n) is 8.52. The zero-order valence-electron chi connectivity index (χ0n) is 15.1. The van der Waals surface area contributed by atoms with Crippen molar-refractivity contribution in [3.05, 3.63) is 65.2 Å². The molecular formula is C20H21ClN2O4. The number of nitrogens with zero attached hydrogens (tertiary/aromatic N) is 1. The maximum absolute atomic E-state index is 12.6. The van der Waals surface area contributed by atoms with E-state index in [1.807, 2.05) is 37.3 Å². The molecule has 6 nitrogen and oxygen atoms in total. The van der Waals surface area contributed by atoms with Crippen molar-refractivity contribution in [2.75, 3.05) is 18.0 Å². The Bertz CT molecular complexity index is 793. The minimum atomic E-state index is -0.968. The van der Waals surface area contributed by atoms with E-state index in [0.29, 0.717) is 17.1 Å². The van der Waals surface area contributed by atoms with E-state index in [2.05, 4.69) is 5.32 Å². The molecule has 0 unspecified atom stereocenters. The molecule has 0 saturated heterocycles. The average Bonchev–Trinajstić information content (AvgIpc) is 2.68. The molecule has 0 aliphatic heterocycles. The van der Waals surface area contributed by atoms with Crippen LogP contribution in [0.4, 0.5) is 5.69 Å². The molecule has 27 heavy (non-hydrogen) atoms. The van der Waals surface area contributed by atoms with E-state index in [9.17, 15) is 14.4 Å². The maximum atomic E-state index is 12.6. The second kappa shape index (κ2) is 9.73. The summed E-state index contributed by atoms with van der Waals surface area (Å²) in [4.78, 5) is 38.0. The van der Waals surface area contributed by atoms with Gasteiger partial charge >= 0.3 is 5.97 Å². The normalized spacial score (nSPS) is 11.4. The van der Waals surface area contributed by atoms with Crippen LogP contribution in [0.25, 0.3) is 0 Å². The molecular weight excluding hydrogens is 368 g/mol. The summed E-state index contributed by atoms with van der Waals surface area (Å²) in [5.74, 6) is -1.45. The Morgan fingerprint density at radius 2 is 1.70 bits per heavy atom. The van der Waals surface area contributed by atoms with Crippen LogP contribution in [0.1, 0.15) is 24.2 Å². The molecule has 0 aromatic heterocycles. The molecule has 2 aromatic rings. The highest BCUT2D eigenvalue weighted by Gasteiger charge is 2.24. The summed E-state index contributed by atoms with van der Waals surface area (Å²) >= 11 is 5.77. The number of esters is 1. The first kappa shape index (κ1) is 20.5. The second-order valence-corrected chi connectivity index (χ2v) is 6.18. The number of rotatable bonds is 7. The predicted molar refractivity (Wildman–Crippen MR) is 104 cm³/mol. The number of anilines is 1. The summed E-state index contributed by atoms with van der Waals surface area (Å²) in [6.07, 6.45) is -0.968. The van der Waals surface area contributed by atoms with Gasteiger partial charge in [0.2, 0.25) is 0 Å². The van der Waals surface area contributed by atoms with Crippen molar-refractivity contribution in [1.29, 1.82) is 0 Å². The average molecular weight is 389 g/mol. The van der Waals surface area contributed by atoms with Gasteiger partial charge in [-0.15, -0.1) is 0 Å². The topological polar surface area (TPSA) is 75.7 Å². The van der Waals surface area contributed by atoms with E-state index < -0.39 is 18.0 Å². The van der Waals surface area contributed by atoms with Gasteiger partial charge in [-0.25, -0.2) is 0 Å². The smallest absolute Gasteiger partial charge is 0.326 e. The summed E-state index contributed by atoms with van der Waals surface area (Å²) in [5.41, 5.74) is 1.10. The number of likely N-dealkylation sites (N-methyl/N-ethyl adjacent to an activating group) is 1. The number of hydrogen-bond acceptors (Lipinski definition) is 4. The van der Waals surface area contributed by atoms with Gasteiger partial charge in [-0.2, -0.15) is 0 Å². The second-order valence-electron chi connectivity index (χ2n) is 5.74. The van der Waals surface area contributed by atoms with Crippen molar-refractivity contribution in [3.63, 3.8) is 0 Å². The van der Waals surface area contributed by atoms with Crippen LogP contribution in [0, 0.1) is 0 Å². The fourth-order valence-electron chi connectivity index (χ4n) is 2.44. The third kappa shape index (κ3) is 5.82. The Labute approximate surface area is 163 Å². The zero-order chi connectivity index (χ0) is 19.8. The van der Waals surface area contributed by atoms with Gasteiger partial charge in [0.15, 0.2) is 6.10 Å². The Kier molecular flexibility index (Phi) is 7.37. The van der Waals surface area contributed by atoms with Crippen LogP contribution in [0.3, 0.4) is 0 Å². The fraction of sp³-hybridized carbons (Fsp3) is 0.250. The summed E-state index contributed by atoms with van der Waals surface area (Å²) in [6, 6.07) is 15.4.